The van der Waals surface area contributed by atoms with Crippen molar-refractivity contribution in [3.05, 3.63) is 41.0 Å². The van der Waals surface area contributed by atoms with Crippen LogP contribution in [0.1, 0.15) is 27.9 Å². The molecule has 0 radical (unpaired) electrons. The molecule has 0 unspecified atom stereocenters. The van der Waals surface area contributed by atoms with Gasteiger partial charge in [-0.1, -0.05) is 12.1 Å². The van der Waals surface area contributed by atoms with Gasteiger partial charge in [-0.25, -0.2) is 4.98 Å². The number of hydrogen-bond donors (Lipinski definition) is 1. The van der Waals surface area contributed by atoms with Gasteiger partial charge < -0.3 is 15.4 Å². The lowest BCUT2D eigenvalue weighted by molar-refractivity contribution is 0.100. The Morgan fingerprint density at radius 3 is 2.62 bits per heavy atom. The van der Waals surface area contributed by atoms with Gasteiger partial charge in [-0.05, 0) is 42.5 Å². The van der Waals surface area contributed by atoms with Gasteiger partial charge in [-0.15, -0.1) is 12.4 Å². The highest BCUT2D eigenvalue weighted by Gasteiger charge is 2.30. The lowest BCUT2D eigenvalue weighted by Gasteiger charge is -2.32. The predicted molar refractivity (Wildman–Crippen MR) is 104 cm³/mol. The standard InChI is InChI=1S/C19H20N4O2.ClH/c20-17(24)16-12-4-3-5-13(12)19(22-8-10-25-11-9-22)23-15-7-2-1-6-14(15)21-18(16)23;/h1-2,6-7H,3-5,8-11H2,(H2,20,24);1H. The maximum Gasteiger partial charge on any atom is 0.252 e. The molecular formula is C19H21ClN4O2. The molecule has 0 bridgehead atoms. The zero-order valence-electron chi connectivity index (χ0n) is 14.4. The van der Waals surface area contributed by atoms with Crippen molar-refractivity contribution in [3.63, 3.8) is 0 Å². The average Bonchev–Trinajstić information content (AvgIpc) is 3.24. The Bertz CT molecular complexity index is 1010. The Morgan fingerprint density at radius 1 is 1.12 bits per heavy atom. The van der Waals surface area contributed by atoms with Gasteiger partial charge in [0.25, 0.3) is 5.91 Å². The molecule has 1 amide bonds. The maximum absolute atomic E-state index is 12.3. The zero-order valence-corrected chi connectivity index (χ0v) is 15.2. The molecule has 0 saturated carbocycles. The summed E-state index contributed by atoms with van der Waals surface area (Å²) in [6, 6.07) is 8.03. The third-order valence-electron chi connectivity index (χ3n) is 5.34. The second-order valence-electron chi connectivity index (χ2n) is 6.73. The van der Waals surface area contributed by atoms with E-state index in [4.69, 9.17) is 15.5 Å². The summed E-state index contributed by atoms with van der Waals surface area (Å²) in [4.78, 5) is 19.4. The van der Waals surface area contributed by atoms with Crippen molar-refractivity contribution in [1.82, 2.24) is 9.38 Å². The summed E-state index contributed by atoms with van der Waals surface area (Å²) in [6.07, 6.45) is 2.92. The van der Waals surface area contributed by atoms with Gasteiger partial charge in [0.1, 0.15) is 5.82 Å². The Hall–Kier alpha value is -2.31. The van der Waals surface area contributed by atoms with Crippen molar-refractivity contribution in [2.45, 2.75) is 19.3 Å². The van der Waals surface area contributed by atoms with Crippen LogP contribution in [0, 0.1) is 0 Å². The third kappa shape index (κ3) is 2.36. The maximum atomic E-state index is 12.3. The largest absolute Gasteiger partial charge is 0.378 e. The summed E-state index contributed by atoms with van der Waals surface area (Å²) >= 11 is 0. The molecule has 26 heavy (non-hydrogen) atoms. The molecule has 2 aliphatic rings. The second kappa shape index (κ2) is 6.45. The normalized spacial score (nSPS) is 16.7. The van der Waals surface area contributed by atoms with Gasteiger partial charge >= 0.3 is 0 Å². The molecular weight excluding hydrogens is 352 g/mol. The van der Waals surface area contributed by atoms with E-state index in [9.17, 15) is 4.79 Å². The number of benzene rings is 1. The fourth-order valence-corrected chi connectivity index (χ4v) is 4.31. The van der Waals surface area contributed by atoms with Crippen molar-refractivity contribution in [2.75, 3.05) is 31.2 Å². The molecule has 5 rings (SSSR count). The Labute approximate surface area is 157 Å². The van der Waals surface area contributed by atoms with E-state index in [0.29, 0.717) is 11.2 Å². The fraction of sp³-hybridized carbons (Fsp3) is 0.368. The number of primary amides is 1. The molecule has 6 nitrogen and oxygen atoms in total. The highest BCUT2D eigenvalue weighted by Crippen LogP contribution is 2.38. The quantitative estimate of drug-likeness (QED) is 0.749. The SMILES string of the molecule is Cl.NC(=O)c1c2c(c(N3CCOCC3)n3c1nc1ccccc13)CCC2. The summed E-state index contributed by atoms with van der Waals surface area (Å²) < 4.78 is 7.69. The number of nitrogens with zero attached hydrogens (tertiary/aromatic N) is 3. The Kier molecular flexibility index (Phi) is 4.25. The molecule has 3 aromatic rings. The highest BCUT2D eigenvalue weighted by atomic mass is 35.5. The van der Waals surface area contributed by atoms with E-state index in [2.05, 4.69) is 15.4 Å². The number of pyridine rings is 1. The second-order valence-corrected chi connectivity index (χ2v) is 6.73. The molecule has 0 spiro atoms. The van der Waals surface area contributed by atoms with Crippen LogP contribution in [0.5, 0.6) is 0 Å². The van der Waals surface area contributed by atoms with E-state index >= 15 is 0 Å². The topological polar surface area (TPSA) is 72.9 Å². The first-order chi connectivity index (χ1) is 12.3. The first kappa shape index (κ1) is 17.1. The van der Waals surface area contributed by atoms with Crippen LogP contribution < -0.4 is 10.6 Å². The van der Waals surface area contributed by atoms with Crippen molar-refractivity contribution >= 4 is 40.8 Å². The number of ether oxygens (including phenoxy) is 1. The number of rotatable bonds is 2. The Morgan fingerprint density at radius 2 is 1.85 bits per heavy atom. The third-order valence-corrected chi connectivity index (χ3v) is 5.34. The average molecular weight is 373 g/mol. The van der Waals surface area contributed by atoms with E-state index in [1.807, 2.05) is 18.2 Å². The molecule has 7 heteroatoms. The number of nitrogens with two attached hydrogens (primary N) is 1. The van der Waals surface area contributed by atoms with Crippen LogP contribution in [-0.2, 0) is 17.6 Å². The number of morpholine rings is 1. The molecule has 1 aliphatic heterocycles. The van der Waals surface area contributed by atoms with Gasteiger partial charge in [0.05, 0.1) is 29.8 Å². The summed E-state index contributed by atoms with van der Waals surface area (Å²) in [5, 5.41) is 0. The monoisotopic (exact) mass is 372 g/mol. The zero-order chi connectivity index (χ0) is 17.0. The van der Waals surface area contributed by atoms with Gasteiger partial charge in [0, 0.05) is 13.1 Å². The minimum Gasteiger partial charge on any atom is -0.378 e. The molecule has 3 heterocycles. The van der Waals surface area contributed by atoms with E-state index in [1.54, 1.807) is 0 Å². The van der Waals surface area contributed by atoms with Crippen LogP contribution in [0.15, 0.2) is 24.3 Å². The Balaban J connectivity index is 0.00000168. The molecule has 1 aromatic carbocycles. The van der Waals surface area contributed by atoms with Gasteiger partial charge in [0.2, 0.25) is 0 Å². The lowest BCUT2D eigenvalue weighted by Crippen LogP contribution is -2.38. The van der Waals surface area contributed by atoms with Crippen molar-refractivity contribution in [2.24, 2.45) is 5.73 Å². The molecule has 1 fully saturated rings. The lowest BCUT2D eigenvalue weighted by atomic mass is 10.0. The fourth-order valence-electron chi connectivity index (χ4n) is 4.31. The van der Waals surface area contributed by atoms with Crippen molar-refractivity contribution in [3.8, 4) is 0 Å². The highest BCUT2D eigenvalue weighted by molar-refractivity contribution is 6.03. The summed E-state index contributed by atoms with van der Waals surface area (Å²) in [6.45, 7) is 3.15. The van der Waals surface area contributed by atoms with Gasteiger partial charge in [-0.2, -0.15) is 0 Å². The first-order valence-corrected chi connectivity index (χ1v) is 8.83. The van der Waals surface area contributed by atoms with Crippen LogP contribution in [0.4, 0.5) is 5.82 Å². The van der Waals surface area contributed by atoms with Gasteiger partial charge in [-0.3, -0.25) is 9.20 Å². The number of hydrogen-bond acceptors (Lipinski definition) is 4. The summed E-state index contributed by atoms with van der Waals surface area (Å²) in [5.41, 5.74) is 11.3. The number of imidazole rings is 1. The number of carbonyl (C=O) groups is 1. The number of anilines is 1. The smallest absolute Gasteiger partial charge is 0.252 e. The predicted octanol–water partition coefficient (Wildman–Crippen LogP) is 2.33. The summed E-state index contributed by atoms with van der Waals surface area (Å²) in [5.74, 6) is 0.788. The van der Waals surface area contributed by atoms with Gasteiger partial charge in [0.15, 0.2) is 5.65 Å². The minimum atomic E-state index is -0.382. The van der Waals surface area contributed by atoms with Crippen LogP contribution in [0.25, 0.3) is 16.7 Å². The van der Waals surface area contributed by atoms with E-state index in [-0.39, 0.29) is 18.3 Å². The van der Waals surface area contributed by atoms with E-state index in [0.717, 1.165) is 62.2 Å². The number of aromatic nitrogens is 2. The molecule has 136 valence electrons. The molecule has 0 atom stereocenters. The van der Waals surface area contributed by atoms with Crippen LogP contribution >= 0.6 is 12.4 Å². The molecule has 2 aromatic heterocycles. The molecule has 2 N–H and O–H groups in total. The van der Waals surface area contributed by atoms with Crippen molar-refractivity contribution in [1.29, 1.82) is 0 Å². The number of fused-ring (bicyclic) bond motifs is 4. The minimum absolute atomic E-state index is 0. The molecule has 1 saturated heterocycles. The number of amides is 1. The van der Waals surface area contributed by atoms with Crippen LogP contribution in [-0.4, -0.2) is 41.6 Å². The number of carbonyl (C=O) groups excluding carboxylic acids is 1. The molecule has 1 aliphatic carbocycles. The number of para-hydroxylation sites is 2. The summed E-state index contributed by atoms with van der Waals surface area (Å²) in [7, 11) is 0. The van der Waals surface area contributed by atoms with Crippen LogP contribution in [0.2, 0.25) is 0 Å². The number of halogens is 1. The van der Waals surface area contributed by atoms with E-state index < -0.39 is 0 Å². The van der Waals surface area contributed by atoms with Crippen molar-refractivity contribution < 1.29 is 9.53 Å². The van der Waals surface area contributed by atoms with Crippen LogP contribution in [0.3, 0.4) is 0 Å². The van der Waals surface area contributed by atoms with E-state index in [1.165, 1.54) is 11.4 Å². The first-order valence-electron chi connectivity index (χ1n) is 8.83.